The van der Waals surface area contributed by atoms with Crippen molar-refractivity contribution in [3.63, 3.8) is 0 Å². The Morgan fingerprint density at radius 1 is 0.833 bits per heavy atom. The van der Waals surface area contributed by atoms with Gasteiger partial charge in [-0.15, -0.1) is 0 Å². The summed E-state index contributed by atoms with van der Waals surface area (Å²) in [6.45, 7) is 15.0. The second-order valence-corrected chi connectivity index (χ2v) is 6.08. The monoisotopic (exact) mass is 256 g/mol. The van der Waals surface area contributed by atoms with Gasteiger partial charge in [0.25, 0.3) is 0 Å². The molecule has 0 bridgehead atoms. The van der Waals surface area contributed by atoms with Crippen LogP contribution in [0.3, 0.4) is 0 Å². The molecule has 106 valence electrons. The Hall–Kier alpha value is -0.160. The standard InChI is InChI=1S/C14H28N2O2/c1-11(2)13-15(7-9-17-13)5-6-16-8-10-18-14(16)12(3)4/h11-14H,5-10H2,1-4H3. The quantitative estimate of drug-likeness (QED) is 0.746. The second-order valence-electron chi connectivity index (χ2n) is 6.08. The second kappa shape index (κ2) is 6.33. The predicted molar refractivity (Wildman–Crippen MR) is 72.3 cm³/mol. The van der Waals surface area contributed by atoms with Crippen molar-refractivity contribution in [2.45, 2.75) is 40.2 Å². The van der Waals surface area contributed by atoms with Crippen molar-refractivity contribution in [3.05, 3.63) is 0 Å². The van der Waals surface area contributed by atoms with Crippen LogP contribution in [-0.2, 0) is 9.47 Å². The van der Waals surface area contributed by atoms with E-state index in [2.05, 4.69) is 37.5 Å². The molecule has 0 aromatic rings. The van der Waals surface area contributed by atoms with Gasteiger partial charge in [0.1, 0.15) is 12.5 Å². The van der Waals surface area contributed by atoms with E-state index in [4.69, 9.17) is 9.47 Å². The molecular formula is C14H28N2O2. The summed E-state index contributed by atoms with van der Waals surface area (Å²) in [5, 5.41) is 0. The first kappa shape index (κ1) is 14.3. The number of rotatable bonds is 5. The molecule has 2 aliphatic heterocycles. The van der Waals surface area contributed by atoms with Gasteiger partial charge in [-0.3, -0.25) is 9.80 Å². The maximum Gasteiger partial charge on any atom is 0.113 e. The van der Waals surface area contributed by atoms with Crippen LogP contribution in [0.25, 0.3) is 0 Å². The Balaban J connectivity index is 1.80. The molecule has 0 aromatic heterocycles. The van der Waals surface area contributed by atoms with Crippen molar-refractivity contribution in [3.8, 4) is 0 Å². The molecule has 2 aliphatic rings. The first-order chi connectivity index (χ1) is 8.59. The number of nitrogens with zero attached hydrogens (tertiary/aromatic N) is 2. The van der Waals surface area contributed by atoms with Crippen molar-refractivity contribution in [2.24, 2.45) is 11.8 Å². The van der Waals surface area contributed by atoms with E-state index in [1.54, 1.807) is 0 Å². The first-order valence-electron chi connectivity index (χ1n) is 7.31. The summed E-state index contributed by atoms with van der Waals surface area (Å²) in [6.07, 6.45) is 0.622. The van der Waals surface area contributed by atoms with E-state index >= 15 is 0 Å². The molecule has 2 unspecified atom stereocenters. The Bertz CT molecular complexity index is 232. The van der Waals surface area contributed by atoms with Gasteiger partial charge in [0.05, 0.1) is 13.2 Å². The van der Waals surface area contributed by atoms with Crippen molar-refractivity contribution in [2.75, 3.05) is 39.4 Å². The van der Waals surface area contributed by atoms with E-state index in [1.165, 1.54) is 0 Å². The average molecular weight is 256 g/mol. The fourth-order valence-corrected chi connectivity index (χ4v) is 3.01. The molecule has 18 heavy (non-hydrogen) atoms. The third-order valence-corrected chi connectivity index (χ3v) is 3.87. The van der Waals surface area contributed by atoms with Gasteiger partial charge in [-0.25, -0.2) is 0 Å². The van der Waals surface area contributed by atoms with E-state index < -0.39 is 0 Å². The molecular weight excluding hydrogens is 228 g/mol. The largest absolute Gasteiger partial charge is 0.362 e. The molecule has 0 aliphatic carbocycles. The van der Waals surface area contributed by atoms with E-state index in [-0.39, 0.29) is 0 Å². The lowest BCUT2D eigenvalue weighted by Gasteiger charge is -2.30. The van der Waals surface area contributed by atoms with Crippen LogP contribution >= 0.6 is 0 Å². The van der Waals surface area contributed by atoms with E-state index in [1.807, 2.05) is 0 Å². The van der Waals surface area contributed by atoms with Gasteiger partial charge in [-0.1, -0.05) is 27.7 Å². The van der Waals surface area contributed by atoms with Gasteiger partial charge in [-0.05, 0) is 11.8 Å². The van der Waals surface area contributed by atoms with E-state index in [9.17, 15) is 0 Å². The Labute approximate surface area is 111 Å². The van der Waals surface area contributed by atoms with Gasteiger partial charge in [-0.2, -0.15) is 0 Å². The van der Waals surface area contributed by atoms with Crippen LogP contribution in [0.4, 0.5) is 0 Å². The molecule has 0 radical (unpaired) electrons. The summed E-state index contributed by atoms with van der Waals surface area (Å²) in [6, 6.07) is 0. The molecule has 2 atom stereocenters. The van der Waals surface area contributed by atoms with Crippen LogP contribution in [0.1, 0.15) is 27.7 Å². The number of hydrogen-bond donors (Lipinski definition) is 0. The molecule has 4 heteroatoms. The molecule has 2 rings (SSSR count). The molecule has 2 heterocycles. The molecule has 0 saturated carbocycles. The zero-order valence-corrected chi connectivity index (χ0v) is 12.3. The van der Waals surface area contributed by atoms with E-state index in [0.29, 0.717) is 24.3 Å². The third-order valence-electron chi connectivity index (χ3n) is 3.87. The smallest absolute Gasteiger partial charge is 0.113 e. The highest BCUT2D eigenvalue weighted by Gasteiger charge is 2.31. The third kappa shape index (κ3) is 3.23. The van der Waals surface area contributed by atoms with Gasteiger partial charge < -0.3 is 9.47 Å². The maximum absolute atomic E-state index is 5.79. The zero-order valence-electron chi connectivity index (χ0n) is 12.3. The fourth-order valence-electron chi connectivity index (χ4n) is 3.01. The zero-order chi connectivity index (χ0) is 13.1. The highest BCUT2D eigenvalue weighted by Crippen LogP contribution is 2.20. The van der Waals surface area contributed by atoms with Gasteiger partial charge in [0, 0.05) is 26.2 Å². The first-order valence-corrected chi connectivity index (χ1v) is 7.31. The maximum atomic E-state index is 5.79. The van der Waals surface area contributed by atoms with Gasteiger partial charge in [0.2, 0.25) is 0 Å². The molecule has 2 fully saturated rings. The minimum Gasteiger partial charge on any atom is -0.362 e. The predicted octanol–water partition coefficient (Wildman–Crippen LogP) is 1.61. The Morgan fingerprint density at radius 3 is 1.56 bits per heavy atom. The van der Waals surface area contributed by atoms with E-state index in [0.717, 1.165) is 39.4 Å². The van der Waals surface area contributed by atoms with Crippen molar-refractivity contribution >= 4 is 0 Å². The van der Waals surface area contributed by atoms with Crippen molar-refractivity contribution < 1.29 is 9.47 Å². The van der Waals surface area contributed by atoms with Crippen LogP contribution in [-0.4, -0.2) is 61.6 Å². The van der Waals surface area contributed by atoms with Crippen LogP contribution < -0.4 is 0 Å². The minimum absolute atomic E-state index is 0.311. The molecule has 0 N–H and O–H groups in total. The summed E-state index contributed by atoms with van der Waals surface area (Å²) < 4.78 is 11.6. The average Bonchev–Trinajstić information content (AvgIpc) is 2.94. The topological polar surface area (TPSA) is 24.9 Å². The highest BCUT2D eigenvalue weighted by molar-refractivity contribution is 4.77. The van der Waals surface area contributed by atoms with Crippen molar-refractivity contribution in [1.29, 1.82) is 0 Å². The summed E-state index contributed by atoms with van der Waals surface area (Å²) in [7, 11) is 0. The normalized spacial score (nSPS) is 31.0. The Morgan fingerprint density at radius 2 is 1.22 bits per heavy atom. The van der Waals surface area contributed by atoms with Crippen LogP contribution in [0.2, 0.25) is 0 Å². The molecule has 2 saturated heterocycles. The van der Waals surface area contributed by atoms with Crippen LogP contribution in [0.15, 0.2) is 0 Å². The Kier molecular flexibility index (Phi) is 5.01. The van der Waals surface area contributed by atoms with Crippen LogP contribution in [0, 0.1) is 11.8 Å². The minimum atomic E-state index is 0.311. The molecule has 0 spiro atoms. The molecule has 4 nitrogen and oxygen atoms in total. The fraction of sp³-hybridized carbons (Fsp3) is 1.00. The van der Waals surface area contributed by atoms with Crippen molar-refractivity contribution in [1.82, 2.24) is 9.80 Å². The summed E-state index contributed by atoms with van der Waals surface area (Å²) in [4.78, 5) is 4.95. The lowest BCUT2D eigenvalue weighted by atomic mass is 10.1. The van der Waals surface area contributed by atoms with Gasteiger partial charge in [0.15, 0.2) is 0 Å². The summed E-state index contributed by atoms with van der Waals surface area (Å²) in [5.74, 6) is 1.14. The SMILES string of the molecule is CC(C)C1OCCN1CCN1CCOC1C(C)C. The molecule has 0 amide bonds. The lowest BCUT2D eigenvalue weighted by Crippen LogP contribution is -2.43. The lowest BCUT2D eigenvalue weighted by molar-refractivity contribution is -0.0245. The van der Waals surface area contributed by atoms with Gasteiger partial charge >= 0.3 is 0 Å². The van der Waals surface area contributed by atoms with Crippen LogP contribution in [0.5, 0.6) is 0 Å². The number of hydrogen-bond acceptors (Lipinski definition) is 4. The summed E-state index contributed by atoms with van der Waals surface area (Å²) in [5.41, 5.74) is 0. The highest BCUT2D eigenvalue weighted by atomic mass is 16.5. The number of ether oxygens (including phenoxy) is 2. The molecule has 0 aromatic carbocycles. The summed E-state index contributed by atoms with van der Waals surface area (Å²) >= 11 is 0.